The second-order valence-corrected chi connectivity index (χ2v) is 6.29. The molecule has 3 N–H and O–H groups in total. The summed E-state index contributed by atoms with van der Waals surface area (Å²) in [6.45, 7) is 7.28. The molecule has 0 atom stereocenters. The zero-order valence-electron chi connectivity index (χ0n) is 12.2. The Morgan fingerprint density at radius 1 is 1.10 bits per heavy atom. The van der Waals surface area contributed by atoms with Crippen LogP contribution in [0.3, 0.4) is 0 Å². The number of rotatable bonds is 9. The summed E-state index contributed by atoms with van der Waals surface area (Å²) >= 11 is 0. The highest BCUT2D eigenvalue weighted by Gasteiger charge is 2.10. The van der Waals surface area contributed by atoms with Crippen LogP contribution in [0.25, 0.3) is 0 Å². The van der Waals surface area contributed by atoms with Crippen molar-refractivity contribution in [3.05, 3.63) is 11.9 Å². The molecule has 1 aromatic rings. The van der Waals surface area contributed by atoms with Gasteiger partial charge in [-0.3, -0.25) is 0 Å². The summed E-state index contributed by atoms with van der Waals surface area (Å²) in [5.74, 6) is 1.45. The highest BCUT2D eigenvalue weighted by Crippen LogP contribution is 2.17. The Hall–Kier alpha value is -1.41. The minimum Gasteiger partial charge on any atom is -0.370 e. The highest BCUT2D eigenvalue weighted by molar-refractivity contribution is 7.89. The van der Waals surface area contributed by atoms with Crippen molar-refractivity contribution in [2.24, 2.45) is 0 Å². The van der Waals surface area contributed by atoms with E-state index in [1.807, 2.05) is 6.92 Å². The van der Waals surface area contributed by atoms with Gasteiger partial charge in [-0.1, -0.05) is 13.8 Å². The van der Waals surface area contributed by atoms with Gasteiger partial charge in [-0.05, 0) is 13.3 Å². The molecule has 0 unspecified atom stereocenters. The minimum absolute atomic E-state index is 0.0159. The van der Waals surface area contributed by atoms with Crippen LogP contribution in [0.15, 0.2) is 6.33 Å². The summed E-state index contributed by atoms with van der Waals surface area (Å²) in [6, 6.07) is 0. The van der Waals surface area contributed by atoms with E-state index in [1.165, 1.54) is 6.33 Å². The van der Waals surface area contributed by atoms with Crippen molar-refractivity contribution in [1.82, 2.24) is 14.7 Å². The number of hydrogen-bond donors (Lipinski definition) is 3. The first-order valence-electron chi connectivity index (χ1n) is 6.76. The van der Waals surface area contributed by atoms with Crippen molar-refractivity contribution >= 4 is 21.7 Å². The molecular formula is C12H23N5O2S. The van der Waals surface area contributed by atoms with Crippen molar-refractivity contribution < 1.29 is 8.42 Å². The van der Waals surface area contributed by atoms with Gasteiger partial charge in [0.15, 0.2) is 0 Å². The van der Waals surface area contributed by atoms with Crippen LogP contribution in [0.5, 0.6) is 0 Å². The van der Waals surface area contributed by atoms with E-state index >= 15 is 0 Å². The van der Waals surface area contributed by atoms with Gasteiger partial charge in [-0.15, -0.1) is 0 Å². The van der Waals surface area contributed by atoms with Crippen LogP contribution in [0.1, 0.15) is 25.8 Å². The molecule has 0 fully saturated rings. The third kappa shape index (κ3) is 5.30. The van der Waals surface area contributed by atoms with Gasteiger partial charge in [-0.2, -0.15) is 0 Å². The summed E-state index contributed by atoms with van der Waals surface area (Å²) in [7, 11) is -3.21. The summed E-state index contributed by atoms with van der Waals surface area (Å²) in [4.78, 5) is 8.31. The van der Waals surface area contributed by atoms with Crippen LogP contribution >= 0.6 is 0 Å². The van der Waals surface area contributed by atoms with Crippen molar-refractivity contribution in [3.8, 4) is 0 Å². The molecule has 20 heavy (non-hydrogen) atoms. The van der Waals surface area contributed by atoms with Gasteiger partial charge in [-0.25, -0.2) is 23.1 Å². The normalized spacial score (nSPS) is 11.3. The van der Waals surface area contributed by atoms with E-state index in [2.05, 4.69) is 32.2 Å². The SMILES string of the molecule is CCCNc1ncnc(NCCS(=O)(=O)NCC)c1C. The lowest BCUT2D eigenvalue weighted by atomic mass is 10.3. The van der Waals surface area contributed by atoms with E-state index in [-0.39, 0.29) is 5.75 Å². The first-order chi connectivity index (χ1) is 9.50. The predicted octanol–water partition coefficient (Wildman–Crippen LogP) is 0.958. The lowest BCUT2D eigenvalue weighted by molar-refractivity contribution is 0.584. The van der Waals surface area contributed by atoms with Gasteiger partial charge in [0.05, 0.1) is 5.75 Å². The Kier molecular flexibility index (Phi) is 6.66. The molecule has 0 saturated heterocycles. The molecule has 0 amide bonds. The Bertz CT molecular complexity index is 519. The number of nitrogens with zero attached hydrogens (tertiary/aromatic N) is 2. The van der Waals surface area contributed by atoms with Crippen molar-refractivity contribution in [3.63, 3.8) is 0 Å². The van der Waals surface area contributed by atoms with E-state index < -0.39 is 10.0 Å². The monoisotopic (exact) mass is 301 g/mol. The van der Waals surface area contributed by atoms with Gasteiger partial charge in [0, 0.05) is 25.2 Å². The summed E-state index contributed by atoms with van der Waals surface area (Å²) < 4.78 is 25.5. The maximum absolute atomic E-state index is 11.5. The number of aromatic nitrogens is 2. The zero-order valence-corrected chi connectivity index (χ0v) is 13.0. The Labute approximate surface area is 120 Å². The molecule has 1 rings (SSSR count). The molecule has 0 saturated carbocycles. The average molecular weight is 301 g/mol. The molecule has 0 aliphatic carbocycles. The Balaban J connectivity index is 2.60. The number of nitrogens with one attached hydrogen (secondary N) is 3. The fourth-order valence-corrected chi connectivity index (χ4v) is 2.60. The van der Waals surface area contributed by atoms with Crippen molar-refractivity contribution in [1.29, 1.82) is 0 Å². The number of anilines is 2. The second-order valence-electron chi connectivity index (χ2n) is 4.37. The molecule has 8 heteroatoms. The van der Waals surface area contributed by atoms with E-state index in [4.69, 9.17) is 0 Å². The maximum Gasteiger partial charge on any atom is 0.213 e. The number of hydrogen-bond acceptors (Lipinski definition) is 6. The molecule has 0 aromatic carbocycles. The van der Waals surface area contributed by atoms with Gasteiger partial charge >= 0.3 is 0 Å². The van der Waals surface area contributed by atoms with Crippen LogP contribution in [-0.2, 0) is 10.0 Å². The highest BCUT2D eigenvalue weighted by atomic mass is 32.2. The molecular weight excluding hydrogens is 278 g/mol. The van der Waals surface area contributed by atoms with Gasteiger partial charge in [0.2, 0.25) is 10.0 Å². The van der Waals surface area contributed by atoms with E-state index in [9.17, 15) is 8.42 Å². The lowest BCUT2D eigenvalue weighted by Gasteiger charge is -2.12. The first-order valence-corrected chi connectivity index (χ1v) is 8.42. The van der Waals surface area contributed by atoms with E-state index in [0.29, 0.717) is 18.9 Å². The molecule has 7 nitrogen and oxygen atoms in total. The second kappa shape index (κ2) is 8.01. The summed E-state index contributed by atoms with van der Waals surface area (Å²) in [5.41, 5.74) is 0.891. The predicted molar refractivity (Wildman–Crippen MR) is 81.5 cm³/mol. The molecule has 1 aromatic heterocycles. The largest absolute Gasteiger partial charge is 0.370 e. The first kappa shape index (κ1) is 16.6. The van der Waals surface area contributed by atoms with E-state index in [0.717, 1.165) is 24.3 Å². The van der Waals surface area contributed by atoms with Gasteiger partial charge in [0.25, 0.3) is 0 Å². The minimum atomic E-state index is -3.21. The van der Waals surface area contributed by atoms with Crippen molar-refractivity contribution in [2.75, 3.05) is 36.0 Å². The third-order valence-electron chi connectivity index (χ3n) is 2.65. The van der Waals surface area contributed by atoms with Crippen LogP contribution in [0.2, 0.25) is 0 Å². The fourth-order valence-electron chi connectivity index (χ4n) is 1.65. The zero-order chi connectivity index (χ0) is 15.0. The molecule has 0 aliphatic heterocycles. The van der Waals surface area contributed by atoms with Crippen LogP contribution < -0.4 is 15.4 Å². The Morgan fingerprint density at radius 2 is 1.70 bits per heavy atom. The van der Waals surface area contributed by atoms with Crippen LogP contribution in [-0.4, -0.2) is 43.8 Å². The van der Waals surface area contributed by atoms with Gasteiger partial charge < -0.3 is 10.6 Å². The molecule has 1 heterocycles. The molecule has 0 spiro atoms. The van der Waals surface area contributed by atoms with Crippen LogP contribution in [0.4, 0.5) is 11.6 Å². The number of sulfonamides is 1. The molecule has 0 bridgehead atoms. The molecule has 0 radical (unpaired) electrons. The Morgan fingerprint density at radius 3 is 2.25 bits per heavy atom. The average Bonchev–Trinajstić information content (AvgIpc) is 2.39. The third-order valence-corrected chi connectivity index (χ3v) is 4.12. The summed E-state index contributed by atoms with van der Waals surface area (Å²) in [5, 5.41) is 6.24. The quantitative estimate of drug-likeness (QED) is 0.628. The topological polar surface area (TPSA) is 96.0 Å². The van der Waals surface area contributed by atoms with E-state index in [1.54, 1.807) is 6.92 Å². The summed E-state index contributed by atoms with van der Waals surface area (Å²) in [6.07, 6.45) is 2.47. The maximum atomic E-state index is 11.5. The van der Waals surface area contributed by atoms with Gasteiger partial charge in [0.1, 0.15) is 18.0 Å². The molecule has 114 valence electrons. The molecule has 0 aliphatic rings. The fraction of sp³-hybridized carbons (Fsp3) is 0.667. The van der Waals surface area contributed by atoms with Crippen molar-refractivity contribution in [2.45, 2.75) is 27.2 Å². The standard InChI is InChI=1S/C12H23N5O2S/c1-4-6-13-11-10(3)12(16-9-15-11)14-7-8-20(18,19)17-5-2/h9,17H,4-8H2,1-3H3,(H2,13,14,15,16). The lowest BCUT2D eigenvalue weighted by Crippen LogP contribution is -2.29. The van der Waals surface area contributed by atoms with Crippen LogP contribution in [0, 0.1) is 6.92 Å². The smallest absolute Gasteiger partial charge is 0.213 e.